The lowest BCUT2D eigenvalue weighted by molar-refractivity contribution is 0.933. The fourth-order valence-electron chi connectivity index (χ4n) is 1.81. The Kier molecular flexibility index (Phi) is 2.48. The van der Waals surface area contributed by atoms with E-state index in [1.165, 1.54) is 12.8 Å². The van der Waals surface area contributed by atoms with Crippen molar-refractivity contribution in [3.63, 3.8) is 0 Å². The summed E-state index contributed by atoms with van der Waals surface area (Å²) in [6, 6.07) is 7.59. The van der Waals surface area contributed by atoms with Gasteiger partial charge in [-0.2, -0.15) is 0 Å². The Hall–Kier alpha value is -1.61. The van der Waals surface area contributed by atoms with Crippen molar-refractivity contribution in [1.29, 1.82) is 0 Å². The van der Waals surface area contributed by atoms with Crippen LogP contribution in [0.5, 0.6) is 0 Å². The third kappa shape index (κ3) is 1.98. The molecule has 0 aliphatic heterocycles. The topological polar surface area (TPSA) is 51.8 Å². The lowest BCUT2D eigenvalue weighted by Crippen LogP contribution is -2.00. The zero-order valence-corrected chi connectivity index (χ0v) is 9.98. The number of hydrogen-bond acceptors (Lipinski definition) is 3. The van der Waals surface area contributed by atoms with Crippen LogP contribution in [0.25, 0.3) is 11.3 Å². The van der Waals surface area contributed by atoms with Crippen LogP contribution < -0.4 is 5.73 Å². The number of halogens is 1. The summed E-state index contributed by atoms with van der Waals surface area (Å²) in [4.78, 5) is 8.82. The Bertz CT molecular complexity index is 564. The summed E-state index contributed by atoms with van der Waals surface area (Å²) in [5, 5.41) is 0.666. The fourth-order valence-corrected chi connectivity index (χ4v) is 2.04. The van der Waals surface area contributed by atoms with Gasteiger partial charge in [0.2, 0.25) is 0 Å². The summed E-state index contributed by atoms with van der Waals surface area (Å²) in [7, 11) is 0. The van der Waals surface area contributed by atoms with E-state index in [4.69, 9.17) is 17.3 Å². The van der Waals surface area contributed by atoms with Gasteiger partial charge in [0.05, 0.1) is 22.6 Å². The number of nitrogens with zero attached hydrogens (tertiary/aromatic N) is 2. The predicted molar refractivity (Wildman–Crippen MR) is 68.9 cm³/mol. The highest BCUT2D eigenvalue weighted by atomic mass is 35.5. The molecule has 0 atom stereocenters. The second kappa shape index (κ2) is 4.00. The number of nitrogen functional groups attached to an aromatic ring is 1. The number of anilines is 1. The highest BCUT2D eigenvalue weighted by Gasteiger charge is 2.27. The van der Waals surface area contributed by atoms with Gasteiger partial charge in [-0.1, -0.05) is 29.8 Å². The van der Waals surface area contributed by atoms with E-state index in [9.17, 15) is 0 Å². The van der Waals surface area contributed by atoms with Crippen molar-refractivity contribution in [2.45, 2.75) is 18.8 Å². The molecule has 0 radical (unpaired) electrons. The van der Waals surface area contributed by atoms with Crippen molar-refractivity contribution in [3.8, 4) is 11.3 Å². The Labute approximate surface area is 105 Å². The van der Waals surface area contributed by atoms with Gasteiger partial charge in [0.1, 0.15) is 5.82 Å². The first-order chi connectivity index (χ1) is 8.25. The first-order valence-corrected chi connectivity index (χ1v) is 6.01. The molecule has 0 spiro atoms. The zero-order valence-electron chi connectivity index (χ0n) is 9.23. The number of rotatable bonds is 2. The van der Waals surface area contributed by atoms with Crippen LogP contribution in [0.1, 0.15) is 24.6 Å². The smallest absolute Gasteiger partial charge is 0.132 e. The van der Waals surface area contributed by atoms with Gasteiger partial charge in [-0.15, -0.1) is 0 Å². The van der Waals surface area contributed by atoms with Crippen LogP contribution in [0.15, 0.2) is 30.5 Å². The Morgan fingerprint density at radius 3 is 2.71 bits per heavy atom. The molecule has 0 unspecified atom stereocenters. The van der Waals surface area contributed by atoms with E-state index in [-0.39, 0.29) is 0 Å². The first-order valence-electron chi connectivity index (χ1n) is 5.63. The van der Waals surface area contributed by atoms with E-state index in [1.807, 2.05) is 24.3 Å². The molecule has 86 valence electrons. The average molecular weight is 246 g/mol. The number of aromatic nitrogens is 2. The predicted octanol–water partition coefficient (Wildman–Crippen LogP) is 3.26. The number of benzene rings is 1. The molecular weight excluding hydrogens is 234 g/mol. The van der Waals surface area contributed by atoms with Crippen molar-refractivity contribution in [2.75, 3.05) is 5.73 Å². The van der Waals surface area contributed by atoms with Crippen molar-refractivity contribution in [3.05, 3.63) is 41.3 Å². The maximum Gasteiger partial charge on any atom is 0.132 e. The maximum atomic E-state index is 6.16. The third-order valence-corrected chi connectivity index (χ3v) is 3.24. The van der Waals surface area contributed by atoms with Crippen molar-refractivity contribution in [1.82, 2.24) is 9.97 Å². The highest BCUT2D eigenvalue weighted by molar-refractivity contribution is 6.33. The Morgan fingerprint density at radius 2 is 2.00 bits per heavy atom. The van der Waals surface area contributed by atoms with Gasteiger partial charge in [0.25, 0.3) is 0 Å². The maximum absolute atomic E-state index is 6.16. The van der Waals surface area contributed by atoms with Gasteiger partial charge in [-0.3, -0.25) is 0 Å². The Balaban J connectivity index is 2.12. The summed E-state index contributed by atoms with van der Waals surface area (Å²) in [6.45, 7) is 0. The summed E-state index contributed by atoms with van der Waals surface area (Å²) < 4.78 is 0. The molecular formula is C13H12ClN3. The molecule has 1 aliphatic carbocycles. The summed E-state index contributed by atoms with van der Waals surface area (Å²) in [5.41, 5.74) is 8.11. The molecule has 4 heteroatoms. The van der Waals surface area contributed by atoms with E-state index >= 15 is 0 Å². The minimum Gasteiger partial charge on any atom is -0.396 e. The van der Waals surface area contributed by atoms with Gasteiger partial charge in [-0.05, 0) is 18.9 Å². The summed E-state index contributed by atoms with van der Waals surface area (Å²) in [5.74, 6) is 1.39. The molecule has 1 aromatic carbocycles. The van der Waals surface area contributed by atoms with Crippen molar-refractivity contribution >= 4 is 17.3 Å². The average Bonchev–Trinajstić information content (AvgIpc) is 3.15. The molecule has 1 fully saturated rings. The second-order valence-corrected chi connectivity index (χ2v) is 4.69. The minimum atomic E-state index is 0.511. The second-order valence-electron chi connectivity index (χ2n) is 4.29. The Morgan fingerprint density at radius 1 is 1.24 bits per heavy atom. The number of hydrogen-bond donors (Lipinski definition) is 1. The summed E-state index contributed by atoms with van der Waals surface area (Å²) >= 11 is 6.16. The largest absolute Gasteiger partial charge is 0.396 e. The quantitative estimate of drug-likeness (QED) is 0.884. The van der Waals surface area contributed by atoms with Crippen LogP contribution in [-0.4, -0.2) is 9.97 Å². The molecule has 3 rings (SSSR count). The van der Waals surface area contributed by atoms with Gasteiger partial charge in [0, 0.05) is 11.5 Å². The monoisotopic (exact) mass is 245 g/mol. The highest BCUT2D eigenvalue weighted by Crippen LogP contribution is 2.39. The molecule has 0 amide bonds. The van der Waals surface area contributed by atoms with Crippen LogP contribution in [0, 0.1) is 0 Å². The molecule has 3 nitrogen and oxygen atoms in total. The van der Waals surface area contributed by atoms with E-state index in [2.05, 4.69) is 9.97 Å². The van der Waals surface area contributed by atoms with E-state index < -0.39 is 0 Å². The molecule has 2 aromatic rings. The van der Waals surface area contributed by atoms with Crippen molar-refractivity contribution < 1.29 is 0 Å². The SMILES string of the molecule is Nc1cnc(C2CC2)nc1-c1ccccc1Cl. The van der Waals surface area contributed by atoms with E-state index in [0.717, 1.165) is 17.1 Å². The third-order valence-electron chi connectivity index (χ3n) is 2.91. The zero-order chi connectivity index (χ0) is 11.8. The number of nitrogens with two attached hydrogens (primary N) is 1. The standard InChI is InChI=1S/C13H12ClN3/c14-10-4-2-1-3-9(10)12-11(15)7-16-13(17-12)8-5-6-8/h1-4,7-8H,5-6,15H2. The van der Waals surface area contributed by atoms with E-state index in [0.29, 0.717) is 16.6 Å². The van der Waals surface area contributed by atoms with Crippen LogP contribution in [0.4, 0.5) is 5.69 Å². The van der Waals surface area contributed by atoms with Gasteiger partial charge < -0.3 is 5.73 Å². The van der Waals surface area contributed by atoms with Gasteiger partial charge in [-0.25, -0.2) is 9.97 Å². The molecule has 1 saturated carbocycles. The van der Waals surface area contributed by atoms with Crippen LogP contribution in [0.3, 0.4) is 0 Å². The van der Waals surface area contributed by atoms with Crippen molar-refractivity contribution in [2.24, 2.45) is 0 Å². The molecule has 0 bridgehead atoms. The molecule has 17 heavy (non-hydrogen) atoms. The van der Waals surface area contributed by atoms with Crippen LogP contribution in [0.2, 0.25) is 5.02 Å². The molecule has 1 aliphatic rings. The van der Waals surface area contributed by atoms with Crippen LogP contribution >= 0.6 is 11.6 Å². The van der Waals surface area contributed by atoms with Crippen LogP contribution in [-0.2, 0) is 0 Å². The lowest BCUT2D eigenvalue weighted by Gasteiger charge is -2.08. The van der Waals surface area contributed by atoms with Gasteiger partial charge in [0.15, 0.2) is 0 Å². The normalized spacial score (nSPS) is 14.9. The molecule has 1 heterocycles. The molecule has 0 saturated heterocycles. The minimum absolute atomic E-state index is 0.511. The molecule has 1 aromatic heterocycles. The first kappa shape index (κ1) is 10.5. The fraction of sp³-hybridized carbons (Fsp3) is 0.231. The summed E-state index contributed by atoms with van der Waals surface area (Å²) in [6.07, 6.45) is 4.02. The van der Waals surface area contributed by atoms with Gasteiger partial charge >= 0.3 is 0 Å². The lowest BCUT2D eigenvalue weighted by atomic mass is 10.1. The molecule has 2 N–H and O–H groups in total. The van der Waals surface area contributed by atoms with E-state index in [1.54, 1.807) is 6.20 Å².